The Bertz CT molecular complexity index is 412. The van der Waals surface area contributed by atoms with Crippen LogP contribution in [0, 0.1) is 0 Å². The van der Waals surface area contributed by atoms with Crippen LogP contribution in [-0.4, -0.2) is 49.9 Å². The summed E-state index contributed by atoms with van der Waals surface area (Å²) >= 11 is 1.44. The first-order valence-electron chi connectivity index (χ1n) is 6.94. The van der Waals surface area contributed by atoms with Crippen molar-refractivity contribution in [2.75, 3.05) is 18.8 Å². The molecule has 1 saturated carbocycles. The first kappa shape index (κ1) is 14.3. The predicted octanol–water partition coefficient (Wildman–Crippen LogP) is 1.75. The second kappa shape index (κ2) is 6.88. The molecule has 0 bridgehead atoms. The van der Waals surface area contributed by atoms with Gasteiger partial charge in [0.1, 0.15) is 0 Å². The summed E-state index contributed by atoms with van der Waals surface area (Å²) in [5.41, 5.74) is 0. The Kier molecular flexibility index (Phi) is 5.18. The minimum Gasteiger partial charge on any atom is -0.343 e. The van der Waals surface area contributed by atoms with E-state index in [9.17, 15) is 4.79 Å². The first-order valence-corrected chi connectivity index (χ1v) is 7.93. The average molecular weight is 283 g/mol. The summed E-state index contributed by atoms with van der Waals surface area (Å²) in [4.78, 5) is 13.8. The minimum absolute atomic E-state index is 0.149. The molecule has 1 fully saturated rings. The lowest BCUT2D eigenvalue weighted by Crippen LogP contribution is -2.32. The summed E-state index contributed by atoms with van der Waals surface area (Å²) in [6, 6.07) is 0.418. The Labute approximate surface area is 117 Å². The van der Waals surface area contributed by atoms with Crippen LogP contribution in [0.1, 0.15) is 45.6 Å². The third kappa shape index (κ3) is 3.46. The number of hydrogen-bond donors (Lipinski definition) is 0. The second-order valence-corrected chi connectivity index (χ2v) is 5.64. The van der Waals surface area contributed by atoms with Gasteiger partial charge in [0.25, 0.3) is 0 Å². The molecule has 0 saturated heterocycles. The van der Waals surface area contributed by atoms with E-state index in [2.05, 4.69) is 15.5 Å². The zero-order chi connectivity index (χ0) is 13.7. The molecule has 6 nitrogen and oxygen atoms in total. The van der Waals surface area contributed by atoms with Crippen molar-refractivity contribution in [1.29, 1.82) is 0 Å². The molecule has 1 heterocycles. The lowest BCUT2D eigenvalue weighted by atomic mass is 10.3. The van der Waals surface area contributed by atoms with Crippen LogP contribution >= 0.6 is 11.8 Å². The van der Waals surface area contributed by atoms with Crippen molar-refractivity contribution in [2.45, 2.75) is 50.7 Å². The van der Waals surface area contributed by atoms with Crippen molar-refractivity contribution in [3.63, 3.8) is 0 Å². The number of nitrogens with zero attached hydrogens (tertiary/aromatic N) is 5. The largest absolute Gasteiger partial charge is 0.343 e. The van der Waals surface area contributed by atoms with E-state index < -0.39 is 0 Å². The van der Waals surface area contributed by atoms with Crippen LogP contribution in [0.3, 0.4) is 0 Å². The summed E-state index contributed by atoms with van der Waals surface area (Å²) in [6.45, 7) is 5.50. The van der Waals surface area contributed by atoms with Crippen molar-refractivity contribution in [3.8, 4) is 0 Å². The zero-order valence-electron chi connectivity index (χ0n) is 11.6. The highest BCUT2D eigenvalue weighted by molar-refractivity contribution is 7.99. The van der Waals surface area contributed by atoms with Gasteiger partial charge in [0.05, 0.1) is 11.8 Å². The molecular formula is C12H21N5OS. The maximum Gasteiger partial charge on any atom is 0.233 e. The molecule has 7 heteroatoms. The van der Waals surface area contributed by atoms with Crippen LogP contribution < -0.4 is 0 Å². The van der Waals surface area contributed by atoms with Crippen molar-refractivity contribution >= 4 is 17.7 Å². The highest BCUT2D eigenvalue weighted by Gasteiger charge is 2.22. The number of thioether (sulfide) groups is 1. The Morgan fingerprint density at radius 1 is 1.37 bits per heavy atom. The monoisotopic (exact) mass is 283 g/mol. The summed E-state index contributed by atoms with van der Waals surface area (Å²) < 4.78 is 1.90. The summed E-state index contributed by atoms with van der Waals surface area (Å²) in [7, 11) is 0. The maximum atomic E-state index is 12.0. The molecule has 0 N–H and O–H groups in total. The van der Waals surface area contributed by atoms with Gasteiger partial charge in [-0.1, -0.05) is 24.6 Å². The molecule has 1 aromatic rings. The van der Waals surface area contributed by atoms with E-state index in [-0.39, 0.29) is 5.91 Å². The maximum absolute atomic E-state index is 12.0. The normalized spacial score (nSPS) is 15.9. The van der Waals surface area contributed by atoms with Crippen molar-refractivity contribution in [2.24, 2.45) is 0 Å². The number of rotatable bonds is 6. The Morgan fingerprint density at radius 3 is 2.68 bits per heavy atom. The van der Waals surface area contributed by atoms with Crippen LogP contribution in [0.4, 0.5) is 0 Å². The number of hydrogen-bond acceptors (Lipinski definition) is 5. The van der Waals surface area contributed by atoms with E-state index in [0.29, 0.717) is 11.8 Å². The van der Waals surface area contributed by atoms with Gasteiger partial charge in [0, 0.05) is 13.1 Å². The van der Waals surface area contributed by atoms with Gasteiger partial charge in [-0.15, -0.1) is 5.10 Å². The molecule has 0 aromatic carbocycles. The zero-order valence-corrected chi connectivity index (χ0v) is 12.4. The van der Waals surface area contributed by atoms with Crippen molar-refractivity contribution < 1.29 is 4.79 Å². The molecule has 0 spiro atoms. The SMILES string of the molecule is CCN(CC)C(=O)CSc1nnnn1C1CCCC1. The molecule has 0 radical (unpaired) electrons. The summed E-state index contributed by atoms with van der Waals surface area (Å²) in [6.07, 6.45) is 4.77. The third-order valence-corrected chi connectivity index (χ3v) is 4.49. The van der Waals surface area contributed by atoms with Crippen molar-refractivity contribution in [3.05, 3.63) is 0 Å². The van der Waals surface area contributed by atoms with E-state index in [1.807, 2.05) is 23.4 Å². The lowest BCUT2D eigenvalue weighted by Gasteiger charge is -2.18. The smallest absolute Gasteiger partial charge is 0.233 e. The lowest BCUT2D eigenvalue weighted by molar-refractivity contribution is -0.127. The van der Waals surface area contributed by atoms with Crippen LogP contribution in [0.25, 0.3) is 0 Å². The molecule has 2 rings (SSSR count). The predicted molar refractivity (Wildman–Crippen MR) is 74.0 cm³/mol. The molecule has 106 valence electrons. The van der Waals surface area contributed by atoms with Crippen LogP contribution in [0.5, 0.6) is 0 Å². The molecule has 0 atom stereocenters. The molecule has 1 aliphatic carbocycles. The second-order valence-electron chi connectivity index (χ2n) is 4.70. The van der Waals surface area contributed by atoms with Crippen LogP contribution in [0.2, 0.25) is 0 Å². The number of carbonyl (C=O) groups is 1. The van der Waals surface area contributed by atoms with Gasteiger partial charge in [-0.25, -0.2) is 4.68 Å². The number of tetrazole rings is 1. The van der Waals surface area contributed by atoms with Gasteiger partial charge in [-0.3, -0.25) is 4.79 Å². The Hall–Kier alpha value is -1.11. The standard InChI is InChI=1S/C12H21N5OS/c1-3-16(4-2)11(18)9-19-12-13-14-15-17(12)10-7-5-6-8-10/h10H,3-9H2,1-2H3. The number of carbonyl (C=O) groups excluding carboxylic acids is 1. The molecule has 0 unspecified atom stereocenters. The van der Waals surface area contributed by atoms with E-state index >= 15 is 0 Å². The molecule has 1 aromatic heterocycles. The topological polar surface area (TPSA) is 63.9 Å². The van der Waals surface area contributed by atoms with E-state index in [1.54, 1.807) is 0 Å². The minimum atomic E-state index is 0.149. The summed E-state index contributed by atoms with van der Waals surface area (Å²) in [5.74, 6) is 0.561. The average Bonchev–Trinajstić information content (AvgIpc) is 3.08. The fourth-order valence-electron chi connectivity index (χ4n) is 2.45. The highest BCUT2D eigenvalue weighted by Crippen LogP contribution is 2.31. The van der Waals surface area contributed by atoms with Gasteiger partial charge in [-0.2, -0.15) is 0 Å². The quantitative estimate of drug-likeness (QED) is 0.744. The summed E-state index contributed by atoms with van der Waals surface area (Å²) in [5, 5.41) is 12.6. The molecule has 0 aliphatic heterocycles. The van der Waals surface area contributed by atoms with Gasteiger partial charge >= 0.3 is 0 Å². The third-order valence-electron chi connectivity index (χ3n) is 3.57. The first-order chi connectivity index (χ1) is 9.26. The van der Waals surface area contributed by atoms with E-state index in [1.165, 1.54) is 24.6 Å². The van der Waals surface area contributed by atoms with Gasteiger partial charge < -0.3 is 4.90 Å². The van der Waals surface area contributed by atoms with Crippen LogP contribution in [-0.2, 0) is 4.79 Å². The van der Waals surface area contributed by atoms with Crippen molar-refractivity contribution in [1.82, 2.24) is 25.1 Å². The fraction of sp³-hybridized carbons (Fsp3) is 0.833. The van der Waals surface area contributed by atoms with Crippen LogP contribution in [0.15, 0.2) is 5.16 Å². The highest BCUT2D eigenvalue weighted by atomic mass is 32.2. The Morgan fingerprint density at radius 2 is 2.05 bits per heavy atom. The fourth-order valence-corrected chi connectivity index (χ4v) is 3.30. The number of aromatic nitrogens is 4. The Balaban J connectivity index is 1.92. The van der Waals surface area contributed by atoms with Gasteiger partial charge in [0.2, 0.25) is 11.1 Å². The molecule has 1 aliphatic rings. The molecular weight excluding hydrogens is 262 g/mol. The molecule has 19 heavy (non-hydrogen) atoms. The van der Waals surface area contributed by atoms with Gasteiger partial charge in [0.15, 0.2) is 0 Å². The molecule has 1 amide bonds. The van der Waals surface area contributed by atoms with Gasteiger partial charge in [-0.05, 0) is 37.1 Å². The number of amides is 1. The van der Waals surface area contributed by atoms with E-state index in [4.69, 9.17) is 0 Å². The van der Waals surface area contributed by atoms with E-state index in [0.717, 1.165) is 31.1 Å².